The molecule has 36 heavy (non-hydrogen) atoms. The molecule has 0 N–H and O–H groups in total. The number of rotatable bonds is 0. The van der Waals surface area contributed by atoms with E-state index < -0.39 is 59.1 Å². The molecule has 0 radical (unpaired) electrons. The fourth-order valence-corrected chi connectivity index (χ4v) is 5.01. The summed E-state index contributed by atoms with van der Waals surface area (Å²) in [5.41, 5.74) is -2.57. The summed E-state index contributed by atoms with van der Waals surface area (Å²) in [6, 6.07) is 4.65. The summed E-state index contributed by atoms with van der Waals surface area (Å²) in [6.45, 7) is 14.9. The van der Waals surface area contributed by atoms with Crippen molar-refractivity contribution in [1.82, 2.24) is 0 Å². The largest absolute Gasteiger partial charge is 0.270 e. The van der Waals surface area contributed by atoms with Crippen LogP contribution < -0.4 is 10.4 Å². The Hall–Kier alpha value is -5.06. The first kappa shape index (κ1) is 22.7. The Morgan fingerprint density at radius 3 is 1.39 bits per heavy atom. The monoisotopic (exact) mass is 488 g/mol. The molecule has 0 saturated carbocycles. The summed E-state index contributed by atoms with van der Waals surface area (Å²) in [6.07, 6.45) is -0.884. The molecule has 3 aromatic rings. The minimum atomic E-state index is -1.76. The number of hydrogen-bond donors (Lipinski definition) is 0. The minimum absolute atomic E-state index is 0.0146. The number of benzene rings is 3. The van der Waals surface area contributed by atoms with Gasteiger partial charge in [0.2, 0.25) is 0 Å². The second-order valence-electron chi connectivity index (χ2n) is 7.98. The summed E-state index contributed by atoms with van der Waals surface area (Å²) in [5.74, 6) is -9.70. The van der Waals surface area contributed by atoms with Gasteiger partial charge in [-0.25, -0.2) is 46.6 Å². The molecule has 5 rings (SSSR count). The van der Waals surface area contributed by atoms with E-state index in [1.165, 1.54) is 0 Å². The highest BCUT2D eigenvalue weighted by atomic mass is 19.2. The van der Waals surface area contributed by atoms with E-state index in [9.17, 15) is 36.9 Å². The number of nitrogens with zero attached hydrogens (tertiary/aromatic N) is 4. The Morgan fingerprint density at radius 1 is 0.639 bits per heavy atom. The maximum absolute atomic E-state index is 14.8. The highest BCUT2D eigenvalue weighted by Gasteiger charge is 2.36. The van der Waals surface area contributed by atoms with Crippen molar-refractivity contribution in [2.45, 2.75) is 12.8 Å². The Balaban J connectivity index is 2.17. The second-order valence-corrected chi connectivity index (χ2v) is 7.98. The third-order valence-electron chi connectivity index (χ3n) is 6.39. The van der Waals surface area contributed by atoms with Crippen LogP contribution in [0.1, 0.15) is 22.3 Å². The molecule has 0 fully saturated rings. The quantitative estimate of drug-likeness (QED) is 0.179. The molecule has 3 aromatic carbocycles. The van der Waals surface area contributed by atoms with Gasteiger partial charge in [0.25, 0.3) is 11.4 Å². The molecule has 0 atom stereocenters. The first-order valence-corrected chi connectivity index (χ1v) is 10.0. The lowest BCUT2D eigenvalue weighted by Gasteiger charge is -2.13. The van der Waals surface area contributed by atoms with E-state index in [0.29, 0.717) is 12.1 Å². The molecule has 172 valence electrons. The van der Waals surface area contributed by atoms with Crippen molar-refractivity contribution >= 4 is 11.4 Å². The van der Waals surface area contributed by atoms with Gasteiger partial charge in [0.1, 0.15) is 0 Å². The van der Waals surface area contributed by atoms with Crippen molar-refractivity contribution in [3.63, 3.8) is 0 Å². The molecule has 4 nitrogen and oxygen atoms in total. The van der Waals surface area contributed by atoms with Crippen LogP contribution >= 0.6 is 0 Å². The van der Waals surface area contributed by atoms with E-state index in [-0.39, 0.29) is 54.9 Å². The molecule has 0 unspecified atom stereocenters. The zero-order valence-electron chi connectivity index (χ0n) is 17.6. The fraction of sp³-hybridized carbons (Fsp3) is 0.0769. The summed E-state index contributed by atoms with van der Waals surface area (Å²) < 4.78 is 86.3. The van der Waals surface area contributed by atoms with Crippen molar-refractivity contribution in [3.05, 3.63) is 103 Å². The van der Waals surface area contributed by atoms with Crippen molar-refractivity contribution < 1.29 is 26.3 Å². The normalized spacial score (nSPS) is 11.8. The van der Waals surface area contributed by atoms with Crippen LogP contribution in [0.5, 0.6) is 0 Å². The van der Waals surface area contributed by atoms with Crippen molar-refractivity contribution in [1.29, 1.82) is 10.5 Å². The maximum Gasteiger partial charge on any atom is 0.270 e. The average Bonchev–Trinajstić information content (AvgIpc) is 3.42. The third kappa shape index (κ3) is 2.73. The molecule has 0 amide bonds. The van der Waals surface area contributed by atoms with Crippen molar-refractivity contribution in [2.24, 2.45) is 0 Å². The molecule has 0 aromatic heterocycles. The Morgan fingerprint density at radius 2 is 1.03 bits per heavy atom. The summed E-state index contributed by atoms with van der Waals surface area (Å²) in [5, 5.41) is 18.9. The SMILES string of the molecule is [C-]#[N+]C(C#N)=c1c2c(c(=C(C#N)[N+]#[C-])c3c1Cc1c-3cc(F)c(F)c1F)-c1cc(F)c(F)c(F)c1C2. The topological polar surface area (TPSA) is 56.3 Å². The average molecular weight is 488 g/mol. The number of halogens is 6. The molecule has 0 heterocycles. The minimum Gasteiger partial charge on any atom is -0.226 e. The third-order valence-corrected chi connectivity index (χ3v) is 6.39. The van der Waals surface area contributed by atoms with Gasteiger partial charge in [-0.2, -0.15) is 0 Å². The molecular weight excluding hydrogens is 482 g/mol. The van der Waals surface area contributed by atoms with Crippen molar-refractivity contribution in [3.8, 4) is 34.4 Å². The van der Waals surface area contributed by atoms with Gasteiger partial charge in [-0.3, -0.25) is 0 Å². The van der Waals surface area contributed by atoms with Gasteiger partial charge in [-0.15, -0.1) is 0 Å². The smallest absolute Gasteiger partial charge is 0.226 e. The van der Waals surface area contributed by atoms with Gasteiger partial charge >= 0.3 is 0 Å². The van der Waals surface area contributed by atoms with Crippen LogP contribution in [0, 0.1) is 70.7 Å². The molecule has 2 aliphatic carbocycles. The van der Waals surface area contributed by atoms with Gasteiger partial charge in [0.05, 0.1) is 25.3 Å². The highest BCUT2D eigenvalue weighted by Crippen LogP contribution is 2.43. The number of hydrogen-bond acceptors (Lipinski definition) is 2. The van der Waals surface area contributed by atoms with E-state index in [4.69, 9.17) is 13.1 Å². The Bertz CT molecular complexity index is 1770. The predicted octanol–water partition coefficient (Wildman–Crippen LogP) is 4.77. The predicted molar refractivity (Wildman–Crippen MR) is 113 cm³/mol. The second kappa shape index (κ2) is 7.73. The van der Waals surface area contributed by atoms with E-state index in [0.717, 1.165) is 0 Å². The zero-order valence-corrected chi connectivity index (χ0v) is 17.6. The van der Waals surface area contributed by atoms with Gasteiger partial charge in [0.15, 0.2) is 34.9 Å². The summed E-state index contributed by atoms with van der Waals surface area (Å²) in [4.78, 5) is 6.34. The first-order valence-electron chi connectivity index (χ1n) is 10.0. The highest BCUT2D eigenvalue weighted by molar-refractivity contribution is 5.93. The zero-order chi connectivity index (χ0) is 26.0. The van der Waals surface area contributed by atoms with E-state index >= 15 is 0 Å². The van der Waals surface area contributed by atoms with Crippen LogP contribution in [0.15, 0.2) is 12.1 Å². The van der Waals surface area contributed by atoms with E-state index in [1.54, 1.807) is 12.1 Å². The van der Waals surface area contributed by atoms with Crippen molar-refractivity contribution in [2.75, 3.05) is 0 Å². The van der Waals surface area contributed by atoms with Crippen LogP contribution in [-0.4, -0.2) is 0 Å². The molecule has 10 heteroatoms. The Labute approximate surface area is 198 Å². The fourth-order valence-electron chi connectivity index (χ4n) is 5.01. The van der Waals surface area contributed by atoms with Gasteiger partial charge < -0.3 is 0 Å². The molecule has 0 bridgehead atoms. The molecule has 0 saturated heterocycles. The number of fused-ring (bicyclic) bond motifs is 6. The van der Waals surface area contributed by atoms with E-state index in [2.05, 4.69) is 9.69 Å². The van der Waals surface area contributed by atoms with Crippen LogP contribution in [0.2, 0.25) is 0 Å². The molecule has 0 aliphatic heterocycles. The lowest BCUT2D eigenvalue weighted by Crippen LogP contribution is -2.25. The lowest BCUT2D eigenvalue weighted by atomic mass is 9.90. The van der Waals surface area contributed by atoms with Crippen LogP contribution in [0.3, 0.4) is 0 Å². The van der Waals surface area contributed by atoms with Gasteiger partial charge in [-0.05, 0) is 50.7 Å². The van der Waals surface area contributed by atoms with Crippen LogP contribution in [0.25, 0.3) is 43.3 Å². The summed E-state index contributed by atoms with van der Waals surface area (Å²) >= 11 is 0. The van der Waals surface area contributed by atoms with Gasteiger partial charge in [0, 0.05) is 29.2 Å². The first-order chi connectivity index (χ1) is 17.2. The number of nitriles is 2. The van der Waals surface area contributed by atoms with Crippen LogP contribution in [-0.2, 0) is 12.8 Å². The molecular formula is C26H6F6N4. The van der Waals surface area contributed by atoms with E-state index in [1.807, 2.05) is 0 Å². The van der Waals surface area contributed by atoms with Crippen LogP contribution in [0.4, 0.5) is 26.3 Å². The lowest BCUT2D eigenvalue weighted by molar-refractivity contribution is 0.443. The van der Waals surface area contributed by atoms with Gasteiger partial charge in [-0.1, -0.05) is 0 Å². The Kier molecular flexibility index (Phi) is 4.88. The maximum atomic E-state index is 14.8. The molecule has 2 aliphatic rings. The summed E-state index contributed by atoms with van der Waals surface area (Å²) in [7, 11) is 0. The standard InChI is InChI=1S/C26H6F6N4/c1-35-17(7-33)19-13-3-11-9(5-15(27)25(31)23(11)29)20(13)22(18(8-34)36-2)21-10-6-16(28)26(32)24(30)12(10)4-14(19)21/h5-6H,3-4H2. The molecule has 0 spiro atoms.